The lowest BCUT2D eigenvalue weighted by Crippen LogP contribution is -2.36. The van der Waals surface area contributed by atoms with Crippen LogP contribution in [0, 0.1) is 0 Å². The summed E-state index contributed by atoms with van der Waals surface area (Å²) in [6.45, 7) is 2.62. The minimum atomic E-state index is -0.100. The average molecular weight is 482 g/mol. The highest BCUT2D eigenvalue weighted by Crippen LogP contribution is 2.31. The third kappa shape index (κ3) is 5.45. The molecule has 1 fully saturated rings. The first-order valence-electron chi connectivity index (χ1n) is 12.1. The van der Waals surface area contributed by atoms with Crippen molar-refractivity contribution in [3.05, 3.63) is 113 Å². The second kappa shape index (κ2) is 10.9. The summed E-state index contributed by atoms with van der Waals surface area (Å²) < 4.78 is 0. The predicted octanol–water partition coefficient (Wildman–Crippen LogP) is 6.64. The van der Waals surface area contributed by atoms with E-state index >= 15 is 0 Å². The number of halogens is 1. The van der Waals surface area contributed by atoms with Crippen molar-refractivity contribution in [3.8, 4) is 22.3 Å². The third-order valence-corrected chi connectivity index (χ3v) is 6.97. The number of amides is 1. The van der Waals surface area contributed by atoms with E-state index in [1.54, 1.807) is 18.3 Å². The summed E-state index contributed by atoms with van der Waals surface area (Å²) >= 11 is 6.54. The Morgan fingerprint density at radius 3 is 2.31 bits per heavy atom. The predicted molar refractivity (Wildman–Crippen MR) is 142 cm³/mol. The maximum Gasteiger partial charge on any atom is 0.251 e. The van der Waals surface area contributed by atoms with Gasteiger partial charge in [0.1, 0.15) is 0 Å². The van der Waals surface area contributed by atoms with Crippen LogP contribution in [0.15, 0.2) is 97.3 Å². The quantitative estimate of drug-likeness (QED) is 0.322. The largest absolute Gasteiger partial charge is 0.350 e. The monoisotopic (exact) mass is 481 g/mol. The van der Waals surface area contributed by atoms with Crippen LogP contribution >= 0.6 is 11.6 Å². The molecule has 176 valence electrons. The number of carbonyl (C=O) groups is 1. The Hall–Kier alpha value is -3.47. The van der Waals surface area contributed by atoms with Gasteiger partial charge in [0.2, 0.25) is 0 Å². The van der Waals surface area contributed by atoms with Crippen LogP contribution in [0.1, 0.15) is 34.8 Å². The normalized spacial score (nSPS) is 14.5. The number of nitrogens with zero attached hydrogens (tertiary/aromatic N) is 2. The van der Waals surface area contributed by atoms with Crippen LogP contribution in [0.2, 0.25) is 5.02 Å². The highest BCUT2D eigenvalue weighted by Gasteiger charge is 2.24. The number of likely N-dealkylation sites (tertiary alicyclic amines) is 1. The van der Waals surface area contributed by atoms with Crippen LogP contribution in [0.5, 0.6) is 0 Å². The molecule has 1 aliphatic rings. The minimum Gasteiger partial charge on any atom is -0.350 e. The molecule has 1 atom stereocenters. The van der Waals surface area contributed by atoms with Crippen LogP contribution in [0.4, 0.5) is 0 Å². The molecule has 1 N–H and O–H groups in total. The maximum absolute atomic E-state index is 13.1. The van der Waals surface area contributed by atoms with Crippen molar-refractivity contribution in [2.45, 2.75) is 18.9 Å². The molecule has 1 aliphatic heterocycles. The van der Waals surface area contributed by atoms with Gasteiger partial charge in [0.25, 0.3) is 5.91 Å². The van der Waals surface area contributed by atoms with Crippen LogP contribution < -0.4 is 5.32 Å². The molecule has 4 aromatic rings. The fourth-order valence-electron chi connectivity index (χ4n) is 4.74. The number of pyridine rings is 1. The number of carbonyl (C=O) groups excluding carboxylic acids is 1. The van der Waals surface area contributed by atoms with Crippen LogP contribution in [0.25, 0.3) is 22.3 Å². The zero-order chi connectivity index (χ0) is 24.0. The van der Waals surface area contributed by atoms with Crippen molar-refractivity contribution in [1.82, 2.24) is 15.2 Å². The number of aromatic nitrogens is 1. The van der Waals surface area contributed by atoms with Gasteiger partial charge in [-0.2, -0.15) is 0 Å². The van der Waals surface area contributed by atoms with E-state index < -0.39 is 0 Å². The van der Waals surface area contributed by atoms with Gasteiger partial charge in [0.15, 0.2) is 0 Å². The van der Waals surface area contributed by atoms with Crippen LogP contribution in [-0.4, -0.2) is 35.4 Å². The van der Waals surface area contributed by atoms with Crippen molar-refractivity contribution < 1.29 is 4.79 Å². The molecule has 35 heavy (non-hydrogen) atoms. The van der Waals surface area contributed by atoms with Crippen molar-refractivity contribution in [1.29, 1.82) is 0 Å². The van der Waals surface area contributed by atoms with E-state index in [0.717, 1.165) is 35.3 Å². The van der Waals surface area contributed by atoms with Gasteiger partial charge in [-0.15, -0.1) is 0 Å². The molecule has 1 amide bonds. The summed E-state index contributed by atoms with van der Waals surface area (Å²) in [5.74, 6) is -0.100. The second-order valence-electron chi connectivity index (χ2n) is 8.89. The molecule has 0 bridgehead atoms. The van der Waals surface area contributed by atoms with Gasteiger partial charge < -0.3 is 5.32 Å². The Balaban J connectivity index is 1.33. The summed E-state index contributed by atoms with van der Waals surface area (Å²) in [6, 6.07) is 28.2. The van der Waals surface area contributed by atoms with Gasteiger partial charge in [-0.1, -0.05) is 72.3 Å². The molecule has 1 aromatic heterocycles. The molecule has 5 rings (SSSR count). The smallest absolute Gasteiger partial charge is 0.251 e. The molecular formula is C30H28ClN3O. The molecule has 5 heteroatoms. The van der Waals surface area contributed by atoms with E-state index in [9.17, 15) is 4.79 Å². The van der Waals surface area contributed by atoms with Crippen molar-refractivity contribution >= 4 is 17.5 Å². The van der Waals surface area contributed by atoms with E-state index in [-0.39, 0.29) is 11.9 Å². The Morgan fingerprint density at radius 1 is 0.886 bits per heavy atom. The Morgan fingerprint density at radius 2 is 1.60 bits per heavy atom. The fraction of sp³-hybridized carbons (Fsp3) is 0.200. The van der Waals surface area contributed by atoms with Gasteiger partial charge in [0, 0.05) is 35.1 Å². The molecule has 2 heterocycles. The van der Waals surface area contributed by atoms with E-state index in [2.05, 4.69) is 57.7 Å². The average Bonchev–Trinajstić information content (AvgIpc) is 3.45. The van der Waals surface area contributed by atoms with Crippen molar-refractivity contribution in [2.24, 2.45) is 0 Å². The molecule has 0 spiro atoms. The fourth-order valence-corrected chi connectivity index (χ4v) is 4.96. The van der Waals surface area contributed by atoms with E-state index in [4.69, 9.17) is 11.6 Å². The lowest BCUT2D eigenvalue weighted by Gasteiger charge is -2.28. The second-order valence-corrected chi connectivity index (χ2v) is 9.30. The van der Waals surface area contributed by atoms with Gasteiger partial charge >= 0.3 is 0 Å². The zero-order valence-corrected chi connectivity index (χ0v) is 20.3. The minimum absolute atomic E-state index is 0.100. The van der Waals surface area contributed by atoms with Crippen LogP contribution in [0.3, 0.4) is 0 Å². The first-order chi connectivity index (χ1) is 17.2. The number of benzene rings is 3. The Bertz CT molecular complexity index is 1270. The van der Waals surface area contributed by atoms with Gasteiger partial charge in [-0.3, -0.25) is 14.7 Å². The maximum atomic E-state index is 13.1. The molecule has 4 nitrogen and oxygen atoms in total. The molecule has 1 saturated heterocycles. The van der Waals surface area contributed by atoms with E-state index in [0.29, 0.717) is 17.1 Å². The number of hydrogen-bond acceptors (Lipinski definition) is 3. The van der Waals surface area contributed by atoms with Gasteiger partial charge in [0.05, 0.1) is 6.04 Å². The van der Waals surface area contributed by atoms with E-state index in [1.807, 2.05) is 36.5 Å². The molecule has 1 unspecified atom stereocenters. The summed E-state index contributed by atoms with van der Waals surface area (Å²) in [5.41, 5.74) is 5.87. The summed E-state index contributed by atoms with van der Waals surface area (Å²) in [5, 5.41) is 3.78. The first kappa shape index (κ1) is 23.3. The SMILES string of the molecule is O=C(NCC(c1cccnc1)N1CCCC1)c1ccc(Cl)c(-c2ccc(-c3ccccc3)cc2)c1. The number of nitrogens with one attached hydrogen (secondary N) is 1. The molecular weight excluding hydrogens is 454 g/mol. The topological polar surface area (TPSA) is 45.2 Å². The number of hydrogen-bond donors (Lipinski definition) is 1. The lowest BCUT2D eigenvalue weighted by molar-refractivity contribution is 0.0938. The highest BCUT2D eigenvalue weighted by molar-refractivity contribution is 6.33. The Kier molecular flexibility index (Phi) is 7.22. The zero-order valence-electron chi connectivity index (χ0n) is 19.5. The van der Waals surface area contributed by atoms with E-state index in [1.165, 1.54) is 18.4 Å². The Labute approximate surface area is 211 Å². The van der Waals surface area contributed by atoms with Crippen molar-refractivity contribution in [3.63, 3.8) is 0 Å². The molecule has 3 aromatic carbocycles. The molecule has 0 radical (unpaired) electrons. The van der Waals surface area contributed by atoms with Gasteiger partial charge in [-0.25, -0.2) is 0 Å². The number of rotatable bonds is 7. The standard InChI is InChI=1S/C30H28ClN3O/c31-28-15-14-25(19-27(28)24-12-10-23(11-13-24)22-7-2-1-3-8-22)30(35)33-21-29(34-17-4-5-18-34)26-9-6-16-32-20-26/h1-3,6-16,19-20,29H,4-5,17-18,21H2,(H,33,35). The summed E-state index contributed by atoms with van der Waals surface area (Å²) in [7, 11) is 0. The van der Waals surface area contributed by atoms with Gasteiger partial charge in [-0.05, 0) is 72.5 Å². The highest BCUT2D eigenvalue weighted by atomic mass is 35.5. The molecule has 0 saturated carbocycles. The van der Waals surface area contributed by atoms with Crippen molar-refractivity contribution in [2.75, 3.05) is 19.6 Å². The lowest BCUT2D eigenvalue weighted by atomic mass is 9.99. The molecule has 0 aliphatic carbocycles. The summed E-state index contributed by atoms with van der Waals surface area (Å²) in [4.78, 5) is 19.9. The summed E-state index contributed by atoms with van der Waals surface area (Å²) in [6.07, 6.45) is 6.06. The third-order valence-electron chi connectivity index (χ3n) is 6.64. The first-order valence-corrected chi connectivity index (χ1v) is 12.4. The van der Waals surface area contributed by atoms with Crippen LogP contribution in [-0.2, 0) is 0 Å².